The third-order valence-corrected chi connectivity index (χ3v) is 5.74. The molecule has 0 saturated carbocycles. The van der Waals surface area contributed by atoms with Crippen molar-refractivity contribution in [3.05, 3.63) is 53.8 Å². The lowest BCUT2D eigenvalue weighted by molar-refractivity contribution is -0.137. The van der Waals surface area contributed by atoms with Crippen LogP contribution in [0.2, 0.25) is 0 Å². The Morgan fingerprint density at radius 1 is 0.968 bits per heavy atom. The van der Waals surface area contributed by atoms with Crippen molar-refractivity contribution < 1.29 is 19.0 Å². The van der Waals surface area contributed by atoms with Crippen LogP contribution in [0.4, 0.5) is 4.39 Å². The molecule has 0 aliphatic carbocycles. The van der Waals surface area contributed by atoms with Gasteiger partial charge in [0, 0.05) is 6.42 Å². The molecule has 0 amide bonds. The summed E-state index contributed by atoms with van der Waals surface area (Å²) in [7, 11) is 0. The summed E-state index contributed by atoms with van der Waals surface area (Å²) in [5, 5.41) is 9.11. The first-order valence-electron chi connectivity index (χ1n) is 11.8. The fourth-order valence-corrected chi connectivity index (χ4v) is 4.07. The number of halogens is 1. The molecule has 4 heteroatoms. The van der Waals surface area contributed by atoms with Gasteiger partial charge in [-0.3, -0.25) is 4.79 Å². The van der Waals surface area contributed by atoms with E-state index in [9.17, 15) is 9.18 Å². The monoisotopic (exact) mass is 428 g/mol. The SMILES string of the molecule is CCCCCCCCOc1ccc(-c2ccccc2C(CCC)CCC(=O)O)cc1F. The molecular formula is C27H37FO3. The van der Waals surface area contributed by atoms with E-state index in [-0.39, 0.29) is 18.2 Å². The molecule has 0 radical (unpaired) electrons. The minimum atomic E-state index is -0.781. The van der Waals surface area contributed by atoms with Crippen LogP contribution >= 0.6 is 0 Å². The maximum absolute atomic E-state index is 14.7. The zero-order valence-electron chi connectivity index (χ0n) is 19.0. The maximum Gasteiger partial charge on any atom is 0.303 e. The zero-order valence-corrected chi connectivity index (χ0v) is 19.0. The number of carboxylic acids is 1. The summed E-state index contributed by atoms with van der Waals surface area (Å²) < 4.78 is 20.4. The summed E-state index contributed by atoms with van der Waals surface area (Å²) in [4.78, 5) is 11.1. The molecule has 0 aliphatic heterocycles. The van der Waals surface area contributed by atoms with E-state index in [1.54, 1.807) is 6.07 Å². The molecule has 0 fully saturated rings. The van der Waals surface area contributed by atoms with Crippen molar-refractivity contribution in [2.75, 3.05) is 6.61 Å². The Balaban J connectivity index is 2.07. The van der Waals surface area contributed by atoms with E-state index in [0.717, 1.165) is 42.4 Å². The average molecular weight is 429 g/mol. The quantitative estimate of drug-likeness (QED) is 0.292. The van der Waals surface area contributed by atoms with Gasteiger partial charge in [-0.1, -0.05) is 82.7 Å². The minimum Gasteiger partial charge on any atom is -0.491 e. The first-order chi connectivity index (χ1) is 15.1. The zero-order chi connectivity index (χ0) is 22.5. The van der Waals surface area contributed by atoms with Crippen molar-refractivity contribution >= 4 is 5.97 Å². The number of hydrogen-bond donors (Lipinski definition) is 1. The highest BCUT2D eigenvalue weighted by Crippen LogP contribution is 2.36. The van der Waals surface area contributed by atoms with Crippen molar-refractivity contribution in [2.24, 2.45) is 0 Å². The first kappa shape index (κ1) is 24.9. The molecule has 170 valence electrons. The van der Waals surface area contributed by atoms with Gasteiger partial charge in [-0.05, 0) is 54.0 Å². The predicted molar refractivity (Wildman–Crippen MR) is 125 cm³/mol. The van der Waals surface area contributed by atoms with Gasteiger partial charge >= 0.3 is 5.97 Å². The third kappa shape index (κ3) is 8.35. The standard InChI is InChI=1S/C27H37FO3/c1-3-5-6-7-8-11-19-31-26-17-15-22(20-25(26)28)24-14-10-9-13-23(24)21(12-4-2)16-18-27(29)30/h9-10,13-15,17,20-21H,3-8,11-12,16,18-19H2,1-2H3,(H,29,30). The lowest BCUT2D eigenvalue weighted by Crippen LogP contribution is -2.05. The van der Waals surface area contributed by atoms with Crippen LogP contribution in [0.25, 0.3) is 11.1 Å². The highest BCUT2D eigenvalue weighted by Gasteiger charge is 2.17. The second kappa shape index (κ2) is 13.8. The summed E-state index contributed by atoms with van der Waals surface area (Å²) >= 11 is 0. The molecule has 1 unspecified atom stereocenters. The largest absolute Gasteiger partial charge is 0.491 e. The van der Waals surface area contributed by atoms with Crippen LogP contribution in [-0.4, -0.2) is 17.7 Å². The fourth-order valence-electron chi connectivity index (χ4n) is 4.07. The van der Waals surface area contributed by atoms with Crippen LogP contribution < -0.4 is 4.74 Å². The molecule has 1 atom stereocenters. The van der Waals surface area contributed by atoms with Crippen molar-refractivity contribution in [3.63, 3.8) is 0 Å². The molecule has 0 spiro atoms. The van der Waals surface area contributed by atoms with Crippen molar-refractivity contribution in [1.82, 2.24) is 0 Å². The highest BCUT2D eigenvalue weighted by molar-refractivity contribution is 5.70. The van der Waals surface area contributed by atoms with Crippen LogP contribution in [0.15, 0.2) is 42.5 Å². The summed E-state index contributed by atoms with van der Waals surface area (Å²) in [6, 6.07) is 13.1. The average Bonchev–Trinajstić information content (AvgIpc) is 2.77. The molecule has 0 aliphatic rings. The Morgan fingerprint density at radius 2 is 1.71 bits per heavy atom. The Morgan fingerprint density at radius 3 is 2.42 bits per heavy atom. The molecule has 0 bridgehead atoms. The van der Waals surface area contributed by atoms with E-state index < -0.39 is 5.97 Å². The normalized spacial score (nSPS) is 12.0. The molecule has 3 nitrogen and oxygen atoms in total. The molecule has 1 N–H and O–H groups in total. The van der Waals surface area contributed by atoms with E-state index in [0.29, 0.717) is 18.8 Å². The van der Waals surface area contributed by atoms with Gasteiger partial charge in [0.25, 0.3) is 0 Å². The lowest BCUT2D eigenvalue weighted by atomic mass is 9.85. The number of unbranched alkanes of at least 4 members (excludes halogenated alkanes) is 5. The van der Waals surface area contributed by atoms with E-state index in [4.69, 9.17) is 9.84 Å². The number of hydrogen-bond acceptors (Lipinski definition) is 2. The Kier molecular flexibility index (Phi) is 11.1. The number of aliphatic carboxylic acids is 1. The lowest BCUT2D eigenvalue weighted by Gasteiger charge is -2.20. The molecule has 0 aromatic heterocycles. The number of rotatable bonds is 15. The summed E-state index contributed by atoms with van der Waals surface area (Å²) in [5.74, 6) is -0.692. The van der Waals surface area contributed by atoms with Crippen molar-refractivity contribution in [2.45, 2.75) is 84.0 Å². The summed E-state index contributed by atoms with van der Waals surface area (Å²) in [6.07, 6.45) is 9.62. The van der Waals surface area contributed by atoms with Gasteiger partial charge in [0.15, 0.2) is 11.6 Å². The van der Waals surface area contributed by atoms with Crippen LogP contribution in [-0.2, 0) is 4.79 Å². The maximum atomic E-state index is 14.7. The van der Waals surface area contributed by atoms with Crippen molar-refractivity contribution in [1.29, 1.82) is 0 Å². The minimum absolute atomic E-state index is 0.137. The van der Waals surface area contributed by atoms with E-state index >= 15 is 0 Å². The highest BCUT2D eigenvalue weighted by atomic mass is 19.1. The number of ether oxygens (including phenoxy) is 1. The van der Waals surface area contributed by atoms with Crippen LogP contribution in [0.1, 0.15) is 89.5 Å². The molecule has 2 aromatic rings. The smallest absolute Gasteiger partial charge is 0.303 e. The van der Waals surface area contributed by atoms with Gasteiger partial charge < -0.3 is 9.84 Å². The molecule has 0 heterocycles. The molecule has 0 saturated heterocycles. The number of benzene rings is 2. The summed E-state index contributed by atoms with van der Waals surface area (Å²) in [6.45, 7) is 4.84. The molecule has 31 heavy (non-hydrogen) atoms. The topological polar surface area (TPSA) is 46.5 Å². The Bertz CT molecular complexity index is 803. The Labute approximate surface area is 186 Å². The predicted octanol–water partition coefficient (Wildman–Crippen LogP) is 7.98. The second-order valence-corrected chi connectivity index (χ2v) is 8.27. The first-order valence-corrected chi connectivity index (χ1v) is 11.8. The fraction of sp³-hybridized carbons (Fsp3) is 0.519. The van der Waals surface area contributed by atoms with Gasteiger partial charge in [-0.15, -0.1) is 0 Å². The second-order valence-electron chi connectivity index (χ2n) is 8.27. The van der Waals surface area contributed by atoms with Gasteiger partial charge in [0.2, 0.25) is 0 Å². The number of carboxylic acid groups (broad SMARTS) is 1. The van der Waals surface area contributed by atoms with Gasteiger partial charge in [-0.2, -0.15) is 0 Å². The summed E-state index contributed by atoms with van der Waals surface area (Å²) in [5.41, 5.74) is 2.86. The molecule has 2 rings (SSSR count). The van der Waals surface area contributed by atoms with E-state index in [1.165, 1.54) is 31.7 Å². The van der Waals surface area contributed by atoms with Gasteiger partial charge in [0.05, 0.1) is 6.61 Å². The van der Waals surface area contributed by atoms with Gasteiger partial charge in [0.1, 0.15) is 0 Å². The molecular weight excluding hydrogens is 391 g/mol. The molecule has 2 aromatic carbocycles. The van der Waals surface area contributed by atoms with E-state index in [1.807, 2.05) is 30.3 Å². The van der Waals surface area contributed by atoms with Crippen molar-refractivity contribution in [3.8, 4) is 16.9 Å². The van der Waals surface area contributed by atoms with Crippen LogP contribution in [0.5, 0.6) is 5.75 Å². The van der Waals surface area contributed by atoms with Crippen LogP contribution in [0, 0.1) is 5.82 Å². The number of carbonyl (C=O) groups is 1. The Hall–Kier alpha value is -2.36. The van der Waals surface area contributed by atoms with Crippen LogP contribution in [0.3, 0.4) is 0 Å². The third-order valence-electron chi connectivity index (χ3n) is 5.74. The van der Waals surface area contributed by atoms with E-state index in [2.05, 4.69) is 13.8 Å². The van der Waals surface area contributed by atoms with Gasteiger partial charge in [-0.25, -0.2) is 4.39 Å².